The van der Waals surface area contributed by atoms with Gasteiger partial charge in [0, 0.05) is 0 Å². The van der Waals surface area contributed by atoms with Crippen molar-refractivity contribution in [1.82, 2.24) is 0 Å². The van der Waals surface area contributed by atoms with Crippen LogP contribution in [0, 0.1) is 6.92 Å². The molecule has 0 amide bonds. The fourth-order valence-corrected chi connectivity index (χ4v) is 0.534. The summed E-state index contributed by atoms with van der Waals surface area (Å²) in [6, 6.07) is 10.3. The molecule has 0 bridgehead atoms. The van der Waals surface area contributed by atoms with Crippen LogP contribution >= 0.6 is 0 Å². The first-order valence-electron chi connectivity index (χ1n) is 2.41. The predicted octanol–water partition coefficient (Wildman–Crippen LogP) is -5.45. The summed E-state index contributed by atoms with van der Waals surface area (Å²) in [4.78, 5) is 0. The minimum atomic E-state index is 0. The summed E-state index contributed by atoms with van der Waals surface area (Å²) in [6.45, 7) is 2.08. The van der Waals surface area contributed by atoms with E-state index >= 15 is 0 Å². The standard InChI is InChI=1S/C7H8.2ClH.H4Si.Ti/c1-7-5-3-2-4-6-7;;;;/h2-6H,1H3;2*1H;1H4;/q;;;;+2/p-2. The van der Waals surface area contributed by atoms with Crippen LogP contribution < -0.4 is 24.8 Å². The molecular formula is C7H12Cl2SiTi. The van der Waals surface area contributed by atoms with Crippen LogP contribution in [0.5, 0.6) is 0 Å². The minimum Gasteiger partial charge on any atom is -1.00 e. The third kappa shape index (κ3) is 10.7. The van der Waals surface area contributed by atoms with Crippen LogP contribution in [-0.2, 0) is 21.7 Å². The first-order chi connectivity index (χ1) is 3.39. The molecule has 0 atom stereocenters. The number of benzene rings is 1. The summed E-state index contributed by atoms with van der Waals surface area (Å²) < 4.78 is 0. The van der Waals surface area contributed by atoms with Gasteiger partial charge in [-0.25, -0.2) is 0 Å². The van der Waals surface area contributed by atoms with Crippen molar-refractivity contribution in [2.75, 3.05) is 0 Å². The van der Waals surface area contributed by atoms with Gasteiger partial charge in [-0.3, -0.25) is 0 Å². The molecule has 0 saturated carbocycles. The smallest absolute Gasteiger partial charge is 1.00 e. The Labute approximate surface area is 99.9 Å². The van der Waals surface area contributed by atoms with Gasteiger partial charge in [-0.2, -0.15) is 0 Å². The summed E-state index contributed by atoms with van der Waals surface area (Å²) in [5.41, 5.74) is 1.32. The van der Waals surface area contributed by atoms with Gasteiger partial charge >= 0.3 is 21.7 Å². The average molecular weight is 243 g/mol. The quantitative estimate of drug-likeness (QED) is 0.399. The van der Waals surface area contributed by atoms with Crippen molar-refractivity contribution in [2.24, 2.45) is 0 Å². The Hall–Kier alpha value is 0.731. The second kappa shape index (κ2) is 13.3. The second-order valence-electron chi connectivity index (χ2n) is 1.65. The van der Waals surface area contributed by atoms with Crippen molar-refractivity contribution in [3.63, 3.8) is 0 Å². The third-order valence-corrected chi connectivity index (χ3v) is 0.940. The number of hydrogen-bond donors (Lipinski definition) is 0. The van der Waals surface area contributed by atoms with E-state index in [0.717, 1.165) is 0 Å². The maximum Gasteiger partial charge on any atom is 2.00 e. The molecule has 0 saturated heterocycles. The topological polar surface area (TPSA) is 0 Å². The minimum absolute atomic E-state index is 0. The van der Waals surface area contributed by atoms with Crippen molar-refractivity contribution in [3.8, 4) is 0 Å². The fourth-order valence-electron chi connectivity index (χ4n) is 0.534. The Morgan fingerprint density at radius 1 is 0.909 bits per heavy atom. The molecule has 0 aliphatic rings. The Morgan fingerprint density at radius 3 is 1.45 bits per heavy atom. The van der Waals surface area contributed by atoms with E-state index in [1.165, 1.54) is 5.56 Å². The Kier molecular flexibility index (Phi) is 27.4. The van der Waals surface area contributed by atoms with Gasteiger partial charge in [0.1, 0.15) is 0 Å². The number of rotatable bonds is 0. The molecule has 0 aromatic heterocycles. The van der Waals surface area contributed by atoms with E-state index < -0.39 is 0 Å². The Morgan fingerprint density at radius 2 is 1.27 bits per heavy atom. The Bertz CT molecular complexity index is 146. The van der Waals surface area contributed by atoms with Crippen LogP contribution in [0.15, 0.2) is 30.3 Å². The predicted molar refractivity (Wildman–Crippen MR) is 42.5 cm³/mol. The molecule has 0 radical (unpaired) electrons. The molecule has 11 heavy (non-hydrogen) atoms. The summed E-state index contributed by atoms with van der Waals surface area (Å²) in [5, 5.41) is 0. The summed E-state index contributed by atoms with van der Waals surface area (Å²) in [7, 11) is 0. The second-order valence-corrected chi connectivity index (χ2v) is 1.65. The zero-order chi connectivity index (χ0) is 5.11. The number of halogens is 2. The van der Waals surface area contributed by atoms with E-state index in [2.05, 4.69) is 19.1 Å². The molecule has 0 nitrogen and oxygen atoms in total. The van der Waals surface area contributed by atoms with E-state index in [9.17, 15) is 0 Å². The van der Waals surface area contributed by atoms with Crippen LogP contribution in [0.4, 0.5) is 0 Å². The molecule has 4 heteroatoms. The van der Waals surface area contributed by atoms with E-state index in [1.807, 2.05) is 18.2 Å². The monoisotopic (exact) mass is 242 g/mol. The molecule has 1 aromatic rings. The van der Waals surface area contributed by atoms with Crippen LogP contribution in [0.1, 0.15) is 5.56 Å². The first kappa shape index (κ1) is 22.6. The van der Waals surface area contributed by atoms with E-state index in [-0.39, 0.29) is 57.5 Å². The number of hydrogen-bond acceptors (Lipinski definition) is 0. The SMILES string of the molecule is Cc1ccccc1.[Cl-].[Cl-].[SiH4].[Ti+2]. The zero-order valence-electron chi connectivity index (χ0n) is 5.64. The molecule has 0 heterocycles. The summed E-state index contributed by atoms with van der Waals surface area (Å²) >= 11 is 0. The van der Waals surface area contributed by atoms with Gasteiger partial charge in [0.05, 0.1) is 0 Å². The molecule has 0 aliphatic carbocycles. The molecule has 1 rings (SSSR count). The fraction of sp³-hybridized carbons (Fsp3) is 0.143. The van der Waals surface area contributed by atoms with Crippen molar-refractivity contribution >= 4 is 11.0 Å². The van der Waals surface area contributed by atoms with Crippen molar-refractivity contribution in [3.05, 3.63) is 35.9 Å². The molecule has 0 fully saturated rings. The van der Waals surface area contributed by atoms with Gasteiger partial charge in [-0.05, 0) is 17.9 Å². The molecular weight excluding hydrogens is 231 g/mol. The Balaban J connectivity index is -0.0000000612. The van der Waals surface area contributed by atoms with Crippen molar-refractivity contribution in [2.45, 2.75) is 6.92 Å². The van der Waals surface area contributed by atoms with E-state index in [0.29, 0.717) is 0 Å². The maximum absolute atomic E-state index is 2.08. The largest absolute Gasteiger partial charge is 2.00 e. The van der Waals surface area contributed by atoms with Crippen LogP contribution in [0.25, 0.3) is 0 Å². The molecule has 0 N–H and O–H groups in total. The molecule has 0 aliphatic heterocycles. The normalized spacial score (nSPS) is 5.55. The van der Waals surface area contributed by atoms with Gasteiger partial charge in [0.15, 0.2) is 0 Å². The average Bonchev–Trinajstić information content (AvgIpc) is 1.69. The molecule has 0 unspecified atom stereocenters. The third-order valence-electron chi connectivity index (χ3n) is 0.940. The summed E-state index contributed by atoms with van der Waals surface area (Å²) in [5.74, 6) is 0. The molecule has 62 valence electrons. The van der Waals surface area contributed by atoms with Crippen molar-refractivity contribution < 1.29 is 46.5 Å². The first-order valence-corrected chi connectivity index (χ1v) is 2.41. The zero-order valence-corrected chi connectivity index (χ0v) is 8.72. The van der Waals surface area contributed by atoms with Crippen LogP contribution in [0.3, 0.4) is 0 Å². The van der Waals surface area contributed by atoms with Crippen molar-refractivity contribution in [1.29, 1.82) is 0 Å². The van der Waals surface area contributed by atoms with Gasteiger partial charge in [-0.15, -0.1) is 0 Å². The molecule has 1 aromatic carbocycles. The van der Waals surface area contributed by atoms with Crippen LogP contribution in [-0.4, -0.2) is 11.0 Å². The van der Waals surface area contributed by atoms with Gasteiger partial charge in [0.2, 0.25) is 0 Å². The molecule has 0 spiro atoms. The van der Waals surface area contributed by atoms with Gasteiger partial charge in [0.25, 0.3) is 0 Å². The van der Waals surface area contributed by atoms with Gasteiger partial charge in [-0.1, -0.05) is 35.9 Å². The number of aryl methyl sites for hydroxylation is 1. The van der Waals surface area contributed by atoms with Gasteiger partial charge < -0.3 is 24.8 Å². The van der Waals surface area contributed by atoms with E-state index in [1.54, 1.807) is 0 Å². The van der Waals surface area contributed by atoms with E-state index in [4.69, 9.17) is 0 Å². The maximum atomic E-state index is 2.08. The van der Waals surface area contributed by atoms with Crippen LogP contribution in [0.2, 0.25) is 0 Å². The summed E-state index contributed by atoms with van der Waals surface area (Å²) in [6.07, 6.45) is 0.